The Kier molecular flexibility index (Phi) is 3.74. The van der Waals surface area contributed by atoms with Crippen LogP contribution < -0.4 is 10.1 Å². The van der Waals surface area contributed by atoms with Crippen molar-refractivity contribution in [3.8, 4) is 5.75 Å². The summed E-state index contributed by atoms with van der Waals surface area (Å²) in [5, 5.41) is 4.87. The number of aromatic nitrogens is 1. The second kappa shape index (κ2) is 5.54. The Morgan fingerprint density at radius 3 is 2.71 bits per heavy atom. The number of anilines is 2. The van der Waals surface area contributed by atoms with Crippen molar-refractivity contribution in [3.63, 3.8) is 0 Å². The summed E-state index contributed by atoms with van der Waals surface area (Å²) < 4.78 is 6.55. The number of hydrogen-bond acceptors (Lipinski definition) is 4. The molecule has 1 N–H and O–H groups in total. The van der Waals surface area contributed by atoms with Gasteiger partial charge in [-0.1, -0.05) is 35.1 Å². The van der Waals surface area contributed by atoms with Crippen LogP contribution in [0.1, 0.15) is 11.1 Å². The van der Waals surface area contributed by atoms with E-state index >= 15 is 0 Å². The van der Waals surface area contributed by atoms with Gasteiger partial charge in [0, 0.05) is 11.1 Å². The molecule has 0 aliphatic rings. The molecule has 0 aliphatic heterocycles. The molecule has 5 heteroatoms. The van der Waals surface area contributed by atoms with Crippen LogP contribution in [0.15, 0.2) is 30.3 Å². The lowest BCUT2D eigenvalue weighted by Gasteiger charge is -2.11. The maximum atomic E-state index is 6.13. The predicted molar refractivity (Wildman–Crippen MR) is 90.4 cm³/mol. The second-order valence-corrected chi connectivity index (χ2v) is 6.31. The first-order valence-electron chi connectivity index (χ1n) is 6.56. The quantitative estimate of drug-likeness (QED) is 0.709. The van der Waals surface area contributed by atoms with Gasteiger partial charge in [0.1, 0.15) is 5.75 Å². The van der Waals surface area contributed by atoms with E-state index in [9.17, 15) is 0 Å². The van der Waals surface area contributed by atoms with Crippen LogP contribution in [0.4, 0.5) is 10.8 Å². The molecule has 0 amide bonds. The molecule has 0 saturated heterocycles. The summed E-state index contributed by atoms with van der Waals surface area (Å²) in [7, 11) is 1.63. The number of nitrogens with zero attached hydrogens (tertiary/aromatic N) is 1. The second-order valence-electron chi connectivity index (χ2n) is 4.87. The van der Waals surface area contributed by atoms with Gasteiger partial charge in [0.25, 0.3) is 0 Å². The first-order chi connectivity index (χ1) is 10.1. The van der Waals surface area contributed by atoms with Crippen molar-refractivity contribution in [1.29, 1.82) is 0 Å². The molecule has 0 spiro atoms. The number of thiazole rings is 1. The number of para-hydroxylation sites is 1. The van der Waals surface area contributed by atoms with E-state index in [2.05, 4.69) is 29.4 Å². The van der Waals surface area contributed by atoms with Crippen molar-refractivity contribution in [3.05, 3.63) is 46.5 Å². The Hall–Kier alpha value is -1.78. The number of aryl methyl sites for hydroxylation is 2. The zero-order valence-electron chi connectivity index (χ0n) is 12.0. The lowest BCUT2D eigenvalue weighted by molar-refractivity contribution is 0.417. The molecule has 1 aromatic heterocycles. The lowest BCUT2D eigenvalue weighted by Crippen LogP contribution is -1.95. The molecule has 0 saturated carbocycles. The molecule has 0 aliphatic carbocycles. The normalized spacial score (nSPS) is 10.9. The van der Waals surface area contributed by atoms with E-state index < -0.39 is 0 Å². The Labute approximate surface area is 132 Å². The van der Waals surface area contributed by atoms with E-state index in [-0.39, 0.29) is 0 Å². The molecule has 2 aromatic carbocycles. The number of rotatable bonds is 3. The number of halogens is 1. The van der Waals surface area contributed by atoms with Crippen LogP contribution in [0.25, 0.3) is 10.2 Å². The molecule has 0 fully saturated rings. The van der Waals surface area contributed by atoms with Crippen LogP contribution in [-0.4, -0.2) is 12.1 Å². The highest BCUT2D eigenvalue weighted by molar-refractivity contribution is 7.22. The minimum atomic E-state index is 0.692. The Balaban J connectivity index is 2.02. The maximum absolute atomic E-state index is 6.13. The van der Waals surface area contributed by atoms with E-state index in [1.54, 1.807) is 18.4 Å². The minimum absolute atomic E-state index is 0.692. The van der Waals surface area contributed by atoms with Crippen molar-refractivity contribution in [2.24, 2.45) is 0 Å². The summed E-state index contributed by atoms with van der Waals surface area (Å²) in [6.07, 6.45) is 0. The number of benzene rings is 2. The summed E-state index contributed by atoms with van der Waals surface area (Å²) in [4.78, 5) is 4.65. The highest BCUT2D eigenvalue weighted by atomic mass is 35.5. The third-order valence-corrected chi connectivity index (χ3v) is 4.69. The topological polar surface area (TPSA) is 34.1 Å². The lowest BCUT2D eigenvalue weighted by atomic mass is 10.2. The van der Waals surface area contributed by atoms with Crippen LogP contribution in [0.5, 0.6) is 5.75 Å². The minimum Gasteiger partial charge on any atom is -0.495 e. The number of ether oxygens (including phenoxy) is 1. The summed E-state index contributed by atoms with van der Waals surface area (Å²) >= 11 is 7.76. The molecule has 21 heavy (non-hydrogen) atoms. The van der Waals surface area contributed by atoms with Gasteiger partial charge in [-0.3, -0.25) is 0 Å². The summed E-state index contributed by atoms with van der Waals surface area (Å²) in [5.74, 6) is 0.710. The monoisotopic (exact) mass is 318 g/mol. The Morgan fingerprint density at radius 1 is 1.19 bits per heavy atom. The molecular weight excluding hydrogens is 304 g/mol. The van der Waals surface area contributed by atoms with Crippen molar-refractivity contribution in [1.82, 2.24) is 4.98 Å². The van der Waals surface area contributed by atoms with Gasteiger partial charge in [-0.25, -0.2) is 4.98 Å². The maximum Gasteiger partial charge on any atom is 0.188 e. The number of fused-ring (bicyclic) bond motifs is 1. The number of methoxy groups -OCH3 is 1. The molecule has 0 unspecified atom stereocenters. The van der Waals surface area contributed by atoms with Gasteiger partial charge >= 0.3 is 0 Å². The van der Waals surface area contributed by atoms with Gasteiger partial charge in [-0.15, -0.1) is 0 Å². The van der Waals surface area contributed by atoms with Gasteiger partial charge in [-0.2, -0.15) is 0 Å². The fourth-order valence-corrected chi connectivity index (χ4v) is 3.29. The molecule has 3 rings (SSSR count). The molecule has 0 radical (unpaired) electrons. The fourth-order valence-electron chi connectivity index (χ4n) is 2.18. The largest absolute Gasteiger partial charge is 0.495 e. The van der Waals surface area contributed by atoms with Crippen LogP contribution in [0.3, 0.4) is 0 Å². The fraction of sp³-hybridized carbons (Fsp3) is 0.188. The zero-order valence-corrected chi connectivity index (χ0v) is 13.6. The van der Waals surface area contributed by atoms with Crippen molar-refractivity contribution in [2.75, 3.05) is 12.4 Å². The molecular formula is C16H15ClN2OS. The molecule has 3 nitrogen and oxygen atoms in total. The van der Waals surface area contributed by atoms with E-state index in [1.165, 1.54) is 10.3 Å². The predicted octanol–water partition coefficient (Wildman–Crippen LogP) is 5.32. The third-order valence-electron chi connectivity index (χ3n) is 3.34. The number of hydrogen-bond donors (Lipinski definition) is 1. The molecule has 0 bridgehead atoms. The van der Waals surface area contributed by atoms with Crippen LogP contribution in [0.2, 0.25) is 5.02 Å². The van der Waals surface area contributed by atoms with Gasteiger partial charge < -0.3 is 10.1 Å². The molecule has 108 valence electrons. The van der Waals surface area contributed by atoms with Gasteiger partial charge in [0.15, 0.2) is 5.13 Å². The first kappa shape index (κ1) is 14.2. The van der Waals surface area contributed by atoms with Crippen LogP contribution >= 0.6 is 22.9 Å². The van der Waals surface area contributed by atoms with Gasteiger partial charge in [0.05, 0.1) is 23.0 Å². The van der Waals surface area contributed by atoms with Crippen molar-refractivity contribution >= 4 is 44.0 Å². The molecule has 3 aromatic rings. The number of nitrogens with one attached hydrogen (secondary N) is 1. The van der Waals surface area contributed by atoms with E-state index in [0.717, 1.165) is 21.9 Å². The standard InChI is InChI=1S/C16H15ClN2OS/c1-9-5-4-6-14-15(9)19-16(21-14)18-12-7-10(2)11(17)8-13(12)20-3/h4-8H,1-3H3,(H,18,19). The summed E-state index contributed by atoms with van der Waals surface area (Å²) in [5.41, 5.74) is 4.08. The van der Waals surface area contributed by atoms with E-state index in [4.69, 9.17) is 16.3 Å². The average molecular weight is 319 g/mol. The van der Waals surface area contributed by atoms with Crippen molar-refractivity contribution in [2.45, 2.75) is 13.8 Å². The van der Waals surface area contributed by atoms with Gasteiger partial charge in [-0.05, 0) is 37.1 Å². The SMILES string of the molecule is COc1cc(Cl)c(C)cc1Nc1nc2c(C)cccc2s1. The highest BCUT2D eigenvalue weighted by Crippen LogP contribution is 2.35. The Morgan fingerprint density at radius 2 is 2.00 bits per heavy atom. The van der Waals surface area contributed by atoms with Crippen LogP contribution in [0, 0.1) is 13.8 Å². The highest BCUT2D eigenvalue weighted by Gasteiger charge is 2.10. The first-order valence-corrected chi connectivity index (χ1v) is 7.75. The van der Waals surface area contributed by atoms with E-state index in [1.807, 2.05) is 25.1 Å². The molecule has 1 heterocycles. The zero-order chi connectivity index (χ0) is 15.0. The summed E-state index contributed by atoms with van der Waals surface area (Å²) in [6, 6.07) is 9.99. The summed E-state index contributed by atoms with van der Waals surface area (Å²) in [6.45, 7) is 4.04. The Bertz CT molecular complexity index is 813. The average Bonchev–Trinajstić information content (AvgIpc) is 2.86. The third kappa shape index (κ3) is 2.69. The van der Waals surface area contributed by atoms with Crippen LogP contribution in [-0.2, 0) is 0 Å². The van der Waals surface area contributed by atoms with Crippen molar-refractivity contribution < 1.29 is 4.74 Å². The van der Waals surface area contributed by atoms with E-state index in [0.29, 0.717) is 10.8 Å². The van der Waals surface area contributed by atoms with Gasteiger partial charge in [0.2, 0.25) is 0 Å². The smallest absolute Gasteiger partial charge is 0.188 e. The molecule has 0 atom stereocenters.